The lowest BCUT2D eigenvalue weighted by atomic mass is 10.1. The molecule has 2 aromatic heterocycles. The van der Waals surface area contributed by atoms with Crippen molar-refractivity contribution in [1.82, 2.24) is 10.3 Å². The quantitative estimate of drug-likeness (QED) is 0.328. The second-order valence-electron chi connectivity index (χ2n) is 6.97. The van der Waals surface area contributed by atoms with Crippen LogP contribution < -0.4 is 10.6 Å². The van der Waals surface area contributed by atoms with Gasteiger partial charge in [0, 0.05) is 29.4 Å². The molecule has 3 aromatic rings. The number of carboxylic acids is 2. The number of hydrogen-bond acceptors (Lipinski definition) is 6. The van der Waals surface area contributed by atoms with Crippen molar-refractivity contribution in [2.45, 2.75) is 25.4 Å². The zero-order chi connectivity index (χ0) is 24.0. The molecule has 2 heterocycles. The SMILES string of the molecule is O=C(O)CCC(NCc1ccc(-c2cc(Cl)ccc2Cl)o1)C(=O)Nc1ccncc1C(=O)O. The number of aromatic nitrogens is 1. The molecular weight excluding hydrogens is 473 g/mol. The van der Waals surface area contributed by atoms with E-state index in [2.05, 4.69) is 15.6 Å². The van der Waals surface area contributed by atoms with Crippen molar-refractivity contribution in [3.05, 3.63) is 70.2 Å². The average molecular weight is 492 g/mol. The summed E-state index contributed by atoms with van der Waals surface area (Å²) in [6.07, 6.45) is 2.16. The summed E-state index contributed by atoms with van der Waals surface area (Å²) in [4.78, 5) is 38.9. The van der Waals surface area contributed by atoms with Gasteiger partial charge in [0.15, 0.2) is 0 Å². The lowest BCUT2D eigenvalue weighted by molar-refractivity contribution is -0.137. The number of aliphatic carboxylic acids is 1. The Kier molecular flexibility index (Phi) is 8.05. The Morgan fingerprint density at radius 3 is 2.61 bits per heavy atom. The highest BCUT2D eigenvalue weighted by Gasteiger charge is 2.22. The summed E-state index contributed by atoms with van der Waals surface area (Å²) < 4.78 is 5.79. The summed E-state index contributed by atoms with van der Waals surface area (Å²) in [5.74, 6) is -1.95. The summed E-state index contributed by atoms with van der Waals surface area (Å²) in [6.45, 7) is 0.109. The van der Waals surface area contributed by atoms with Gasteiger partial charge < -0.3 is 19.9 Å². The second-order valence-corrected chi connectivity index (χ2v) is 7.82. The van der Waals surface area contributed by atoms with E-state index in [0.717, 1.165) is 6.20 Å². The second kappa shape index (κ2) is 11.0. The van der Waals surface area contributed by atoms with E-state index in [4.69, 9.17) is 32.7 Å². The fraction of sp³-hybridized carbons (Fsp3) is 0.182. The Balaban J connectivity index is 1.72. The van der Waals surface area contributed by atoms with Crippen molar-refractivity contribution < 1.29 is 29.0 Å². The predicted octanol–water partition coefficient (Wildman–Crippen LogP) is 4.31. The minimum absolute atomic E-state index is 0.0255. The standard InChI is InChI=1S/C22H19Cl2N3O6/c23-12-1-3-16(24)14(9-12)19-5-2-13(33-19)10-26-18(4-6-20(28)29)21(30)27-17-7-8-25-11-15(17)22(31)32/h1-3,5,7-9,11,18,26H,4,6,10H2,(H,28,29)(H,31,32)(H,25,27,30). The van der Waals surface area contributed by atoms with E-state index in [1.54, 1.807) is 30.3 Å². The van der Waals surface area contributed by atoms with Gasteiger partial charge in [-0.3, -0.25) is 19.9 Å². The highest BCUT2D eigenvalue weighted by atomic mass is 35.5. The van der Waals surface area contributed by atoms with Crippen LogP contribution in [0.4, 0.5) is 5.69 Å². The molecule has 0 aliphatic heterocycles. The third-order valence-corrected chi connectivity index (χ3v) is 5.22. The normalized spacial score (nSPS) is 11.7. The maximum atomic E-state index is 12.8. The van der Waals surface area contributed by atoms with Crippen LogP contribution in [-0.4, -0.2) is 39.1 Å². The molecule has 0 radical (unpaired) electrons. The minimum atomic E-state index is -1.25. The van der Waals surface area contributed by atoms with E-state index in [0.29, 0.717) is 27.1 Å². The molecular formula is C22H19Cl2N3O6. The molecule has 3 rings (SSSR count). The van der Waals surface area contributed by atoms with Gasteiger partial charge in [-0.05, 0) is 42.8 Å². The number of hydrogen-bond donors (Lipinski definition) is 4. The largest absolute Gasteiger partial charge is 0.481 e. The summed E-state index contributed by atoms with van der Waals surface area (Å²) in [5, 5.41) is 24.7. The molecule has 1 atom stereocenters. The van der Waals surface area contributed by atoms with E-state index in [1.807, 2.05) is 0 Å². The van der Waals surface area contributed by atoms with Gasteiger partial charge in [0.25, 0.3) is 0 Å². The molecule has 4 N–H and O–H groups in total. The highest BCUT2D eigenvalue weighted by molar-refractivity contribution is 6.35. The first-order valence-corrected chi connectivity index (χ1v) is 10.5. The lowest BCUT2D eigenvalue weighted by Gasteiger charge is -2.18. The van der Waals surface area contributed by atoms with Crippen molar-refractivity contribution >= 4 is 46.7 Å². The van der Waals surface area contributed by atoms with Gasteiger partial charge in [0.1, 0.15) is 17.1 Å². The average Bonchev–Trinajstić information content (AvgIpc) is 3.24. The summed E-state index contributed by atoms with van der Waals surface area (Å²) in [5.41, 5.74) is 0.479. The zero-order valence-electron chi connectivity index (χ0n) is 17.0. The van der Waals surface area contributed by atoms with Crippen molar-refractivity contribution in [3.63, 3.8) is 0 Å². The number of carbonyl (C=O) groups is 3. The number of nitrogens with one attached hydrogen (secondary N) is 2. The number of carbonyl (C=O) groups excluding carboxylic acids is 1. The number of pyridine rings is 1. The van der Waals surface area contributed by atoms with E-state index >= 15 is 0 Å². The van der Waals surface area contributed by atoms with Crippen molar-refractivity contribution in [3.8, 4) is 11.3 Å². The van der Waals surface area contributed by atoms with Crippen LogP contribution in [0.3, 0.4) is 0 Å². The number of halogens is 2. The minimum Gasteiger partial charge on any atom is -0.481 e. The summed E-state index contributed by atoms with van der Waals surface area (Å²) in [7, 11) is 0. The van der Waals surface area contributed by atoms with Gasteiger partial charge >= 0.3 is 11.9 Å². The fourth-order valence-corrected chi connectivity index (χ4v) is 3.40. The van der Waals surface area contributed by atoms with Crippen LogP contribution in [0.15, 0.2) is 53.2 Å². The molecule has 0 bridgehead atoms. The number of carboxylic acid groups (broad SMARTS) is 2. The van der Waals surface area contributed by atoms with Crippen LogP contribution in [0, 0.1) is 0 Å². The smallest absolute Gasteiger partial charge is 0.339 e. The number of anilines is 1. The van der Waals surface area contributed by atoms with Crippen molar-refractivity contribution in [1.29, 1.82) is 0 Å². The number of benzene rings is 1. The van der Waals surface area contributed by atoms with Crippen LogP contribution >= 0.6 is 23.2 Å². The van der Waals surface area contributed by atoms with Crippen LogP contribution in [-0.2, 0) is 16.1 Å². The van der Waals surface area contributed by atoms with Crippen LogP contribution in [0.5, 0.6) is 0 Å². The fourth-order valence-electron chi connectivity index (χ4n) is 3.02. The number of nitrogens with zero attached hydrogens (tertiary/aromatic N) is 1. The molecule has 0 aliphatic rings. The third-order valence-electron chi connectivity index (χ3n) is 4.65. The molecule has 0 saturated carbocycles. The Morgan fingerprint density at radius 1 is 1.09 bits per heavy atom. The first-order valence-electron chi connectivity index (χ1n) is 9.72. The van der Waals surface area contributed by atoms with Gasteiger partial charge in [-0.25, -0.2) is 4.79 Å². The maximum absolute atomic E-state index is 12.8. The molecule has 0 spiro atoms. The first kappa shape index (κ1) is 24.2. The molecule has 0 saturated heterocycles. The van der Waals surface area contributed by atoms with E-state index in [-0.39, 0.29) is 30.6 Å². The molecule has 0 aliphatic carbocycles. The molecule has 172 valence electrons. The molecule has 33 heavy (non-hydrogen) atoms. The molecule has 1 unspecified atom stereocenters. The van der Waals surface area contributed by atoms with Crippen LogP contribution in [0.1, 0.15) is 29.0 Å². The van der Waals surface area contributed by atoms with E-state index in [9.17, 15) is 19.5 Å². The van der Waals surface area contributed by atoms with E-state index in [1.165, 1.54) is 12.3 Å². The predicted molar refractivity (Wildman–Crippen MR) is 121 cm³/mol. The highest BCUT2D eigenvalue weighted by Crippen LogP contribution is 2.31. The monoisotopic (exact) mass is 491 g/mol. The van der Waals surface area contributed by atoms with Crippen LogP contribution in [0.2, 0.25) is 10.0 Å². The van der Waals surface area contributed by atoms with Gasteiger partial charge in [-0.2, -0.15) is 0 Å². The van der Waals surface area contributed by atoms with Gasteiger partial charge in [-0.1, -0.05) is 23.2 Å². The van der Waals surface area contributed by atoms with Crippen LogP contribution in [0.25, 0.3) is 11.3 Å². The molecule has 1 amide bonds. The number of furan rings is 1. The number of rotatable bonds is 10. The van der Waals surface area contributed by atoms with Gasteiger partial charge in [-0.15, -0.1) is 0 Å². The first-order chi connectivity index (χ1) is 15.7. The summed E-state index contributed by atoms with van der Waals surface area (Å²) >= 11 is 12.2. The van der Waals surface area contributed by atoms with Gasteiger partial charge in [0.05, 0.1) is 23.3 Å². The zero-order valence-corrected chi connectivity index (χ0v) is 18.6. The van der Waals surface area contributed by atoms with Gasteiger partial charge in [0.2, 0.25) is 5.91 Å². The maximum Gasteiger partial charge on any atom is 0.339 e. The Hall–Kier alpha value is -3.40. The topological polar surface area (TPSA) is 142 Å². The molecule has 11 heteroatoms. The third kappa shape index (κ3) is 6.55. The van der Waals surface area contributed by atoms with Crippen molar-refractivity contribution in [2.75, 3.05) is 5.32 Å². The Bertz CT molecular complexity index is 1180. The Labute approximate surface area is 198 Å². The number of amides is 1. The molecule has 0 fully saturated rings. The Morgan fingerprint density at radius 2 is 1.88 bits per heavy atom. The molecule has 1 aromatic carbocycles. The summed E-state index contributed by atoms with van der Waals surface area (Å²) in [6, 6.07) is 8.79. The van der Waals surface area contributed by atoms with Crippen molar-refractivity contribution in [2.24, 2.45) is 0 Å². The van der Waals surface area contributed by atoms with E-state index < -0.39 is 23.9 Å². The number of aromatic carboxylic acids is 1. The lowest BCUT2D eigenvalue weighted by Crippen LogP contribution is -2.40. The molecule has 9 nitrogen and oxygen atoms in total.